The molecule has 0 unspecified atom stereocenters. The third-order valence-corrected chi connectivity index (χ3v) is 7.24. The molecule has 0 aromatic heterocycles. The van der Waals surface area contributed by atoms with Crippen LogP contribution in [0.3, 0.4) is 0 Å². The van der Waals surface area contributed by atoms with Gasteiger partial charge in [0, 0.05) is 28.6 Å². The van der Waals surface area contributed by atoms with E-state index in [9.17, 15) is 19.5 Å². The summed E-state index contributed by atoms with van der Waals surface area (Å²) in [6.45, 7) is 8.87. The fourth-order valence-electron chi connectivity index (χ4n) is 4.13. The average molecular weight is 583 g/mol. The molecule has 41 heavy (non-hydrogen) atoms. The standard InChI is InChI=1S/C31H38N2O7S/c1-19(2)18-40-31(38)33-24-9-5-8-22-28(24)26(41-15-6-10-27(34)35)17-23(29(22)36)30(37)32-13-7-14-39-25-12-11-20(3)16-21(25)4/h5,8-9,11-12,16-17,19,36H,6-7,10,13-15,18H2,1-4H3,(H,32,37)(H,33,38)(H,34,35). The van der Waals surface area contributed by atoms with Gasteiger partial charge >= 0.3 is 12.1 Å². The summed E-state index contributed by atoms with van der Waals surface area (Å²) in [4.78, 5) is 37.2. The molecule has 0 bridgehead atoms. The van der Waals surface area contributed by atoms with E-state index in [0.717, 1.165) is 16.9 Å². The highest BCUT2D eigenvalue weighted by atomic mass is 32.2. The number of fused-ring (bicyclic) bond motifs is 1. The zero-order chi connectivity index (χ0) is 29.9. The van der Waals surface area contributed by atoms with Crippen LogP contribution < -0.4 is 15.4 Å². The van der Waals surface area contributed by atoms with E-state index >= 15 is 0 Å². The van der Waals surface area contributed by atoms with Crippen LogP contribution in [-0.2, 0) is 9.53 Å². The highest BCUT2D eigenvalue weighted by Crippen LogP contribution is 2.41. The Bertz CT molecular complexity index is 1390. The summed E-state index contributed by atoms with van der Waals surface area (Å²) in [5, 5.41) is 26.6. The van der Waals surface area contributed by atoms with Crippen molar-refractivity contribution < 1.29 is 34.1 Å². The van der Waals surface area contributed by atoms with E-state index in [-0.39, 0.29) is 30.3 Å². The summed E-state index contributed by atoms with van der Waals surface area (Å²) in [6.07, 6.45) is 0.359. The van der Waals surface area contributed by atoms with E-state index in [1.807, 2.05) is 45.9 Å². The Kier molecular flexibility index (Phi) is 11.7. The van der Waals surface area contributed by atoms with Gasteiger partial charge in [0.2, 0.25) is 0 Å². The lowest BCUT2D eigenvalue weighted by Crippen LogP contribution is -2.25. The van der Waals surface area contributed by atoms with Crippen molar-refractivity contribution in [3.63, 3.8) is 0 Å². The molecule has 0 aliphatic rings. The number of aryl methyl sites for hydroxylation is 2. The summed E-state index contributed by atoms with van der Waals surface area (Å²) in [5.41, 5.74) is 2.71. The zero-order valence-corrected chi connectivity index (χ0v) is 24.7. The van der Waals surface area contributed by atoms with E-state index in [4.69, 9.17) is 14.6 Å². The minimum atomic E-state index is -0.891. The average Bonchev–Trinajstić information content (AvgIpc) is 2.91. The third-order valence-electron chi connectivity index (χ3n) is 6.11. The second kappa shape index (κ2) is 15.2. The minimum absolute atomic E-state index is 0.00712. The van der Waals surface area contributed by atoms with Crippen LogP contribution in [0.25, 0.3) is 10.8 Å². The van der Waals surface area contributed by atoms with Gasteiger partial charge in [-0.2, -0.15) is 0 Å². The maximum Gasteiger partial charge on any atom is 0.411 e. The van der Waals surface area contributed by atoms with Crippen molar-refractivity contribution in [2.24, 2.45) is 5.92 Å². The second-order valence-corrected chi connectivity index (χ2v) is 11.3. The summed E-state index contributed by atoms with van der Waals surface area (Å²) in [7, 11) is 0. The van der Waals surface area contributed by atoms with E-state index in [1.165, 1.54) is 11.8 Å². The predicted molar refractivity (Wildman–Crippen MR) is 161 cm³/mol. The lowest BCUT2D eigenvalue weighted by molar-refractivity contribution is -0.137. The number of hydrogen-bond donors (Lipinski definition) is 4. The van der Waals surface area contributed by atoms with Crippen molar-refractivity contribution in [2.45, 2.75) is 51.9 Å². The van der Waals surface area contributed by atoms with E-state index in [1.54, 1.807) is 24.3 Å². The number of hydrogen-bond acceptors (Lipinski definition) is 7. The molecule has 3 rings (SSSR count). The number of carboxylic acids is 1. The van der Waals surface area contributed by atoms with Crippen molar-refractivity contribution in [1.82, 2.24) is 5.32 Å². The predicted octanol–water partition coefficient (Wildman–Crippen LogP) is 6.52. The SMILES string of the molecule is Cc1ccc(OCCCNC(=O)c2cc(SCCCC(=O)O)c3c(NC(=O)OCC(C)C)cccc3c2O)c(C)c1. The molecule has 220 valence electrons. The topological polar surface area (TPSA) is 134 Å². The fourth-order valence-corrected chi connectivity index (χ4v) is 5.20. The molecule has 0 saturated carbocycles. The molecular weight excluding hydrogens is 544 g/mol. The van der Waals surface area contributed by atoms with Gasteiger partial charge in [0.05, 0.1) is 24.5 Å². The van der Waals surface area contributed by atoms with Crippen LogP contribution in [0.1, 0.15) is 54.6 Å². The van der Waals surface area contributed by atoms with Crippen molar-refractivity contribution in [3.05, 3.63) is 59.2 Å². The molecule has 0 radical (unpaired) electrons. The number of carbonyl (C=O) groups is 3. The zero-order valence-electron chi connectivity index (χ0n) is 23.9. The number of ether oxygens (including phenoxy) is 2. The van der Waals surface area contributed by atoms with Crippen molar-refractivity contribution in [1.29, 1.82) is 0 Å². The minimum Gasteiger partial charge on any atom is -0.506 e. The first-order valence-electron chi connectivity index (χ1n) is 13.6. The second-order valence-electron chi connectivity index (χ2n) is 10.2. The maximum atomic E-state index is 13.1. The van der Waals surface area contributed by atoms with E-state index < -0.39 is 18.0 Å². The number of amides is 2. The van der Waals surface area contributed by atoms with Gasteiger partial charge in [-0.05, 0) is 62.1 Å². The molecule has 0 heterocycles. The number of carboxylic acid groups (broad SMARTS) is 1. The highest BCUT2D eigenvalue weighted by molar-refractivity contribution is 7.99. The first-order chi connectivity index (χ1) is 19.6. The summed E-state index contributed by atoms with van der Waals surface area (Å²) < 4.78 is 11.1. The van der Waals surface area contributed by atoms with E-state index in [0.29, 0.717) is 53.1 Å². The number of aromatic hydroxyl groups is 1. The normalized spacial score (nSPS) is 11.0. The summed E-state index contributed by atoms with van der Waals surface area (Å²) in [6, 6.07) is 12.6. The van der Waals surface area contributed by atoms with Crippen LogP contribution in [0.4, 0.5) is 10.5 Å². The smallest absolute Gasteiger partial charge is 0.411 e. The van der Waals surface area contributed by atoms with E-state index in [2.05, 4.69) is 10.6 Å². The first kappa shape index (κ1) is 31.6. The van der Waals surface area contributed by atoms with Gasteiger partial charge in [-0.1, -0.05) is 43.7 Å². The Morgan fingerprint density at radius 3 is 2.54 bits per heavy atom. The number of benzene rings is 3. The maximum absolute atomic E-state index is 13.1. The monoisotopic (exact) mass is 582 g/mol. The molecule has 0 fully saturated rings. The molecule has 0 aliphatic heterocycles. The lowest BCUT2D eigenvalue weighted by atomic mass is 10.0. The van der Waals surface area contributed by atoms with Gasteiger partial charge in [0.25, 0.3) is 5.91 Å². The van der Waals surface area contributed by atoms with Gasteiger partial charge < -0.3 is 25.0 Å². The lowest BCUT2D eigenvalue weighted by Gasteiger charge is -2.17. The molecule has 3 aromatic rings. The molecule has 2 amide bonds. The largest absolute Gasteiger partial charge is 0.506 e. The van der Waals surface area contributed by atoms with Gasteiger partial charge in [-0.3, -0.25) is 14.9 Å². The Labute approximate surface area is 244 Å². The van der Waals surface area contributed by atoms with Crippen LogP contribution in [0.15, 0.2) is 47.4 Å². The first-order valence-corrected chi connectivity index (χ1v) is 14.6. The molecule has 0 aliphatic carbocycles. The Morgan fingerprint density at radius 1 is 1.05 bits per heavy atom. The number of phenolic OH excluding ortho intramolecular Hbond substituents is 1. The molecule has 4 N–H and O–H groups in total. The van der Waals surface area contributed by atoms with Crippen LogP contribution in [0.2, 0.25) is 0 Å². The quantitative estimate of drug-likeness (QED) is 0.125. The van der Waals surface area contributed by atoms with Gasteiger partial charge in [0.1, 0.15) is 11.5 Å². The number of anilines is 1. The number of carbonyl (C=O) groups excluding carboxylic acids is 2. The van der Waals surface area contributed by atoms with Crippen molar-refractivity contribution in [2.75, 3.05) is 30.8 Å². The van der Waals surface area contributed by atoms with Crippen LogP contribution in [0, 0.1) is 19.8 Å². The molecular formula is C31H38N2O7S. The molecule has 0 atom stereocenters. The molecule has 10 heteroatoms. The molecule has 9 nitrogen and oxygen atoms in total. The number of nitrogens with one attached hydrogen (secondary N) is 2. The number of phenols is 1. The van der Waals surface area contributed by atoms with Crippen LogP contribution >= 0.6 is 11.8 Å². The van der Waals surface area contributed by atoms with Crippen molar-refractivity contribution in [3.8, 4) is 11.5 Å². The van der Waals surface area contributed by atoms with Gasteiger partial charge in [-0.15, -0.1) is 11.8 Å². The Hall–Kier alpha value is -3.92. The Morgan fingerprint density at radius 2 is 1.83 bits per heavy atom. The van der Waals surface area contributed by atoms with Crippen LogP contribution in [-0.4, -0.2) is 53.7 Å². The van der Waals surface area contributed by atoms with Crippen molar-refractivity contribution >= 4 is 46.2 Å². The summed E-state index contributed by atoms with van der Waals surface area (Å²) in [5.74, 6) is -0.114. The summed E-state index contributed by atoms with van der Waals surface area (Å²) >= 11 is 1.36. The molecule has 3 aromatic carbocycles. The van der Waals surface area contributed by atoms with Gasteiger partial charge in [0.15, 0.2) is 0 Å². The fraction of sp³-hybridized carbons (Fsp3) is 0.387. The Balaban J connectivity index is 1.77. The molecule has 0 spiro atoms. The molecule has 0 saturated heterocycles. The number of thioether (sulfide) groups is 1. The van der Waals surface area contributed by atoms with Crippen LogP contribution in [0.5, 0.6) is 11.5 Å². The number of rotatable bonds is 14. The van der Waals surface area contributed by atoms with Gasteiger partial charge in [-0.25, -0.2) is 4.79 Å². The third kappa shape index (κ3) is 9.31. The highest BCUT2D eigenvalue weighted by Gasteiger charge is 2.20. The number of aliphatic carboxylic acids is 1.